The Kier molecular flexibility index (Phi) is 6.11. The lowest BCUT2D eigenvalue weighted by molar-refractivity contribution is 0.314. The number of hydrazone groups is 2. The van der Waals surface area contributed by atoms with Crippen LogP contribution in [0.4, 0.5) is 11.6 Å². The number of phenols is 2. The zero-order valence-corrected chi connectivity index (χ0v) is 17.4. The summed E-state index contributed by atoms with van der Waals surface area (Å²) < 4.78 is 14.7. The van der Waals surface area contributed by atoms with E-state index in [4.69, 9.17) is 9.47 Å². The van der Waals surface area contributed by atoms with Crippen LogP contribution in [0.3, 0.4) is 0 Å². The number of ether oxygens (including phenoxy) is 2. The maximum absolute atomic E-state index is 9.88. The standard InChI is InChI=1S/C20H18N8O5/c1-31-15-5-3-11(7-13(15)29)9-21-25-17-18(24-20-19(23-17)27-33-28-20)26-22-10-12-4-6-16(32-2)14(30)8-12/h3-10,29-30H,1-2H3,(H,23,25,27)(H,24,26,28)/b21-9+,22-10+. The van der Waals surface area contributed by atoms with E-state index in [0.717, 1.165) is 0 Å². The van der Waals surface area contributed by atoms with Crippen LogP contribution in [0.1, 0.15) is 11.1 Å². The Morgan fingerprint density at radius 3 is 1.64 bits per heavy atom. The van der Waals surface area contributed by atoms with Gasteiger partial charge in [-0.15, -0.1) is 0 Å². The first-order chi connectivity index (χ1) is 16.1. The first kappa shape index (κ1) is 21.3. The monoisotopic (exact) mass is 450 g/mol. The van der Waals surface area contributed by atoms with Gasteiger partial charge in [-0.25, -0.2) is 4.63 Å². The number of hydrogen-bond donors (Lipinski definition) is 4. The van der Waals surface area contributed by atoms with E-state index in [2.05, 4.69) is 46.0 Å². The Balaban J connectivity index is 1.53. The maximum atomic E-state index is 9.88. The van der Waals surface area contributed by atoms with Crippen LogP contribution in [-0.2, 0) is 0 Å². The molecule has 33 heavy (non-hydrogen) atoms. The van der Waals surface area contributed by atoms with Crippen molar-refractivity contribution in [2.75, 3.05) is 25.1 Å². The van der Waals surface area contributed by atoms with Gasteiger partial charge in [-0.2, -0.15) is 20.2 Å². The molecule has 168 valence electrons. The predicted molar refractivity (Wildman–Crippen MR) is 119 cm³/mol. The first-order valence-electron chi connectivity index (χ1n) is 9.40. The van der Waals surface area contributed by atoms with E-state index in [-0.39, 0.29) is 34.4 Å². The van der Waals surface area contributed by atoms with Gasteiger partial charge >= 0.3 is 0 Å². The second kappa shape index (κ2) is 9.47. The quantitative estimate of drug-likeness (QED) is 0.229. The molecule has 13 heteroatoms. The highest BCUT2D eigenvalue weighted by Gasteiger charge is 2.12. The molecule has 4 rings (SSSR count). The molecule has 4 aromatic rings. The Hall–Kier alpha value is -4.94. The molecule has 0 spiro atoms. The molecule has 0 aliphatic rings. The second-order valence-electron chi connectivity index (χ2n) is 6.43. The molecular formula is C20H18N8O5. The number of rotatable bonds is 8. The summed E-state index contributed by atoms with van der Waals surface area (Å²) in [4.78, 5) is 8.51. The lowest BCUT2D eigenvalue weighted by Gasteiger charge is -2.06. The molecule has 0 aliphatic heterocycles. The summed E-state index contributed by atoms with van der Waals surface area (Å²) in [6.45, 7) is 0. The van der Waals surface area contributed by atoms with Gasteiger partial charge in [0.25, 0.3) is 0 Å². The molecule has 2 aromatic carbocycles. The highest BCUT2D eigenvalue weighted by atomic mass is 16.6. The van der Waals surface area contributed by atoms with Gasteiger partial charge in [-0.3, -0.25) is 10.9 Å². The Bertz CT molecular complexity index is 1240. The molecule has 2 aromatic heterocycles. The SMILES string of the molecule is COc1ccc(/C=N/Nc2nc3nonc3nc2N/N=C/c2ccc(OC)c(O)c2)cc1O. The predicted octanol–water partition coefficient (Wildman–Crippen LogP) is 2.33. The average molecular weight is 450 g/mol. The Morgan fingerprint density at radius 2 is 1.24 bits per heavy atom. The fourth-order valence-electron chi connectivity index (χ4n) is 2.70. The summed E-state index contributed by atoms with van der Waals surface area (Å²) in [7, 11) is 2.93. The lowest BCUT2D eigenvalue weighted by Crippen LogP contribution is -2.03. The molecule has 0 saturated carbocycles. The van der Waals surface area contributed by atoms with Gasteiger partial charge in [0.15, 0.2) is 34.6 Å². The molecule has 0 amide bonds. The van der Waals surface area contributed by atoms with Crippen molar-refractivity contribution in [3.8, 4) is 23.0 Å². The Morgan fingerprint density at radius 1 is 0.788 bits per heavy atom. The van der Waals surface area contributed by atoms with Gasteiger partial charge in [0.05, 0.1) is 26.6 Å². The van der Waals surface area contributed by atoms with Crippen molar-refractivity contribution in [3.05, 3.63) is 47.5 Å². The van der Waals surface area contributed by atoms with Crippen molar-refractivity contribution in [1.29, 1.82) is 0 Å². The highest BCUT2D eigenvalue weighted by molar-refractivity contribution is 5.83. The molecule has 0 radical (unpaired) electrons. The summed E-state index contributed by atoms with van der Waals surface area (Å²) in [5.41, 5.74) is 7.06. The lowest BCUT2D eigenvalue weighted by atomic mass is 10.2. The van der Waals surface area contributed by atoms with Crippen molar-refractivity contribution in [1.82, 2.24) is 20.3 Å². The van der Waals surface area contributed by atoms with Crippen LogP contribution in [-0.4, -0.2) is 57.1 Å². The summed E-state index contributed by atoms with van der Waals surface area (Å²) in [5, 5.41) is 35.3. The fourth-order valence-corrected chi connectivity index (χ4v) is 2.70. The molecule has 0 fully saturated rings. The number of aromatic nitrogens is 4. The summed E-state index contributed by atoms with van der Waals surface area (Å²) in [5.74, 6) is 1.06. The fraction of sp³-hybridized carbons (Fsp3) is 0.100. The Labute approximate surface area is 186 Å². The van der Waals surface area contributed by atoms with Crippen molar-refractivity contribution in [2.24, 2.45) is 10.2 Å². The highest BCUT2D eigenvalue weighted by Crippen LogP contribution is 2.26. The van der Waals surface area contributed by atoms with Crippen LogP contribution in [0, 0.1) is 0 Å². The molecule has 13 nitrogen and oxygen atoms in total. The number of nitrogens with one attached hydrogen (secondary N) is 2. The van der Waals surface area contributed by atoms with Gasteiger partial charge in [0.1, 0.15) is 0 Å². The summed E-state index contributed by atoms with van der Waals surface area (Å²) in [6.07, 6.45) is 2.94. The van der Waals surface area contributed by atoms with Crippen molar-refractivity contribution in [3.63, 3.8) is 0 Å². The first-order valence-corrected chi connectivity index (χ1v) is 9.40. The smallest absolute Gasteiger partial charge is 0.245 e. The number of nitrogens with zero attached hydrogens (tertiary/aromatic N) is 6. The molecule has 0 atom stereocenters. The van der Waals surface area contributed by atoms with Crippen molar-refractivity contribution in [2.45, 2.75) is 0 Å². The zero-order valence-electron chi connectivity index (χ0n) is 17.4. The van der Waals surface area contributed by atoms with Gasteiger partial charge in [0, 0.05) is 0 Å². The van der Waals surface area contributed by atoms with Gasteiger partial charge < -0.3 is 19.7 Å². The minimum absolute atomic E-state index is 0.0161. The van der Waals surface area contributed by atoms with E-state index >= 15 is 0 Å². The zero-order chi connectivity index (χ0) is 23.2. The molecular weight excluding hydrogens is 432 g/mol. The molecule has 0 saturated heterocycles. The molecule has 2 heterocycles. The number of aromatic hydroxyl groups is 2. The van der Waals surface area contributed by atoms with Gasteiger partial charge in [0.2, 0.25) is 11.3 Å². The van der Waals surface area contributed by atoms with Crippen LogP contribution in [0.25, 0.3) is 11.3 Å². The van der Waals surface area contributed by atoms with E-state index in [1.807, 2.05) is 0 Å². The normalized spacial score (nSPS) is 11.3. The summed E-state index contributed by atoms with van der Waals surface area (Å²) in [6, 6.07) is 9.65. The summed E-state index contributed by atoms with van der Waals surface area (Å²) >= 11 is 0. The van der Waals surface area contributed by atoms with Crippen LogP contribution in [0.2, 0.25) is 0 Å². The molecule has 0 bridgehead atoms. The third kappa shape index (κ3) is 4.87. The molecule has 0 aliphatic carbocycles. The topological polar surface area (TPSA) is 172 Å². The van der Waals surface area contributed by atoms with Crippen molar-refractivity contribution < 1.29 is 24.3 Å². The van der Waals surface area contributed by atoms with Crippen molar-refractivity contribution >= 4 is 35.4 Å². The largest absolute Gasteiger partial charge is 0.504 e. The second-order valence-corrected chi connectivity index (χ2v) is 6.43. The molecule has 4 N–H and O–H groups in total. The number of hydrogen-bond acceptors (Lipinski definition) is 13. The van der Waals surface area contributed by atoms with E-state index in [1.54, 1.807) is 24.3 Å². The third-order valence-corrected chi connectivity index (χ3v) is 4.29. The van der Waals surface area contributed by atoms with E-state index in [0.29, 0.717) is 22.6 Å². The van der Waals surface area contributed by atoms with Crippen LogP contribution in [0.15, 0.2) is 51.2 Å². The number of benzene rings is 2. The number of fused-ring (bicyclic) bond motifs is 1. The number of phenolic OH excluding ortho intramolecular Hbond substituents is 2. The van der Waals surface area contributed by atoms with Gasteiger partial charge in [-0.05, 0) is 57.8 Å². The minimum atomic E-state index is -0.0161. The van der Waals surface area contributed by atoms with Crippen LogP contribution in [0.5, 0.6) is 23.0 Å². The van der Waals surface area contributed by atoms with Crippen LogP contribution < -0.4 is 20.3 Å². The van der Waals surface area contributed by atoms with Crippen LogP contribution >= 0.6 is 0 Å². The van der Waals surface area contributed by atoms with Gasteiger partial charge in [-0.1, -0.05) is 0 Å². The average Bonchev–Trinajstić information content (AvgIpc) is 3.26. The number of methoxy groups -OCH3 is 2. The number of anilines is 2. The van der Waals surface area contributed by atoms with E-state index < -0.39 is 0 Å². The minimum Gasteiger partial charge on any atom is -0.504 e. The maximum Gasteiger partial charge on any atom is 0.245 e. The van der Waals surface area contributed by atoms with E-state index in [9.17, 15) is 10.2 Å². The van der Waals surface area contributed by atoms with E-state index in [1.165, 1.54) is 38.8 Å². The third-order valence-electron chi connectivity index (χ3n) is 4.29. The molecule has 0 unspecified atom stereocenters.